The smallest absolute Gasteiger partial charge is 0.342 e. The van der Waals surface area contributed by atoms with E-state index >= 15 is 0 Å². The van der Waals surface area contributed by atoms with E-state index in [0.717, 1.165) is 5.56 Å². The highest BCUT2D eigenvalue weighted by molar-refractivity contribution is 7.87. The second kappa shape index (κ2) is 9.85. The average molecular weight is 461 g/mol. The van der Waals surface area contributed by atoms with Crippen molar-refractivity contribution >= 4 is 27.7 Å². The lowest BCUT2D eigenvalue weighted by Crippen LogP contribution is -2.16. The van der Waals surface area contributed by atoms with E-state index < -0.39 is 16.1 Å². The summed E-state index contributed by atoms with van der Waals surface area (Å²) in [6.45, 7) is 3.56. The molecule has 0 radical (unpaired) electrons. The van der Waals surface area contributed by atoms with E-state index in [9.17, 15) is 13.2 Å². The van der Waals surface area contributed by atoms with E-state index in [1.165, 1.54) is 18.2 Å². The molecule has 0 aromatic heterocycles. The van der Waals surface area contributed by atoms with Crippen molar-refractivity contribution < 1.29 is 26.9 Å². The Morgan fingerprint density at radius 3 is 2.39 bits per heavy atom. The average Bonchev–Trinajstić information content (AvgIpc) is 2.74. The standard InChI is InChI=1S/C23H21ClO6S/c1-16-7-8-17(2)22(15-16)31(26,27)30-21-6-4-3-5-20(21)23(25)29-14-13-28-19-11-9-18(24)10-12-19/h3-12,15H,13-14H2,1-2H3. The van der Waals surface area contributed by atoms with E-state index in [1.807, 2.05) is 6.07 Å². The van der Waals surface area contributed by atoms with Crippen LogP contribution in [-0.2, 0) is 14.9 Å². The van der Waals surface area contributed by atoms with Crippen LogP contribution in [-0.4, -0.2) is 27.6 Å². The van der Waals surface area contributed by atoms with Gasteiger partial charge in [0.25, 0.3) is 0 Å². The Morgan fingerprint density at radius 1 is 0.935 bits per heavy atom. The molecule has 0 fully saturated rings. The van der Waals surface area contributed by atoms with Crippen LogP contribution >= 0.6 is 11.6 Å². The van der Waals surface area contributed by atoms with Crippen LogP contribution in [0.5, 0.6) is 11.5 Å². The third kappa shape index (κ3) is 5.99. The fraction of sp³-hybridized carbons (Fsp3) is 0.174. The van der Waals surface area contributed by atoms with Gasteiger partial charge in [0.1, 0.15) is 29.4 Å². The maximum Gasteiger partial charge on any atom is 0.342 e. The van der Waals surface area contributed by atoms with Gasteiger partial charge in [0.2, 0.25) is 0 Å². The molecule has 0 saturated heterocycles. The highest BCUT2D eigenvalue weighted by atomic mass is 35.5. The van der Waals surface area contributed by atoms with Crippen molar-refractivity contribution in [2.75, 3.05) is 13.2 Å². The highest BCUT2D eigenvalue weighted by Gasteiger charge is 2.23. The van der Waals surface area contributed by atoms with Crippen molar-refractivity contribution in [2.24, 2.45) is 0 Å². The zero-order chi connectivity index (χ0) is 22.4. The molecule has 0 aliphatic heterocycles. The summed E-state index contributed by atoms with van der Waals surface area (Å²) in [6, 6.07) is 17.8. The molecule has 0 bridgehead atoms. The summed E-state index contributed by atoms with van der Waals surface area (Å²) >= 11 is 5.82. The molecule has 0 spiro atoms. The molecular formula is C23H21ClO6S. The quantitative estimate of drug-likeness (QED) is 0.268. The van der Waals surface area contributed by atoms with Gasteiger partial charge in [0.15, 0.2) is 5.75 Å². The molecular weight excluding hydrogens is 440 g/mol. The minimum atomic E-state index is -4.13. The Hall–Kier alpha value is -3.03. The molecule has 8 heteroatoms. The van der Waals surface area contributed by atoms with Crippen LogP contribution in [0.1, 0.15) is 21.5 Å². The number of halogens is 1. The van der Waals surface area contributed by atoms with Crippen LogP contribution in [0.4, 0.5) is 0 Å². The Bertz CT molecular complexity index is 1170. The van der Waals surface area contributed by atoms with Crippen molar-refractivity contribution in [2.45, 2.75) is 18.7 Å². The molecule has 6 nitrogen and oxygen atoms in total. The minimum Gasteiger partial charge on any atom is -0.490 e. The summed E-state index contributed by atoms with van der Waals surface area (Å²) < 4.78 is 41.6. The van der Waals surface area contributed by atoms with Gasteiger partial charge in [-0.2, -0.15) is 8.42 Å². The lowest BCUT2D eigenvalue weighted by Gasteiger charge is -2.13. The van der Waals surface area contributed by atoms with E-state index in [4.69, 9.17) is 25.3 Å². The van der Waals surface area contributed by atoms with Crippen molar-refractivity contribution in [3.8, 4) is 11.5 Å². The molecule has 162 valence electrons. The number of esters is 1. The monoisotopic (exact) mass is 460 g/mol. The lowest BCUT2D eigenvalue weighted by atomic mass is 10.2. The van der Waals surface area contributed by atoms with Gasteiger partial charge < -0.3 is 13.7 Å². The number of rotatable bonds is 8. The fourth-order valence-corrected chi connectivity index (χ4v) is 4.14. The van der Waals surface area contributed by atoms with Gasteiger partial charge in [0.05, 0.1) is 0 Å². The molecule has 0 aliphatic carbocycles. The van der Waals surface area contributed by atoms with Crippen molar-refractivity contribution in [3.05, 3.63) is 88.4 Å². The zero-order valence-corrected chi connectivity index (χ0v) is 18.6. The first-order valence-corrected chi connectivity index (χ1v) is 11.2. The summed E-state index contributed by atoms with van der Waals surface area (Å²) in [6.07, 6.45) is 0. The highest BCUT2D eigenvalue weighted by Crippen LogP contribution is 2.26. The maximum absolute atomic E-state index is 12.8. The molecule has 0 aliphatic rings. The SMILES string of the molecule is Cc1ccc(C)c(S(=O)(=O)Oc2ccccc2C(=O)OCCOc2ccc(Cl)cc2)c1. The minimum absolute atomic E-state index is 0.00266. The van der Waals surface area contributed by atoms with Gasteiger partial charge in [-0.05, 0) is 67.4 Å². The largest absolute Gasteiger partial charge is 0.490 e. The Morgan fingerprint density at radius 2 is 1.65 bits per heavy atom. The number of hydrogen-bond donors (Lipinski definition) is 0. The van der Waals surface area contributed by atoms with E-state index in [-0.39, 0.29) is 29.4 Å². The summed E-state index contributed by atoms with van der Waals surface area (Å²) in [4.78, 5) is 12.5. The van der Waals surface area contributed by atoms with Crippen molar-refractivity contribution in [1.29, 1.82) is 0 Å². The van der Waals surface area contributed by atoms with Crippen molar-refractivity contribution in [3.63, 3.8) is 0 Å². The maximum atomic E-state index is 12.8. The molecule has 0 amide bonds. The Labute approximate surface area is 186 Å². The van der Waals surface area contributed by atoms with Crippen LogP contribution in [0.2, 0.25) is 5.02 Å². The van der Waals surface area contributed by atoms with Gasteiger partial charge in [-0.3, -0.25) is 0 Å². The molecule has 31 heavy (non-hydrogen) atoms. The number of para-hydroxylation sites is 1. The third-order valence-electron chi connectivity index (χ3n) is 4.32. The number of benzene rings is 3. The van der Waals surface area contributed by atoms with Gasteiger partial charge in [0, 0.05) is 5.02 Å². The van der Waals surface area contributed by atoms with E-state index in [1.54, 1.807) is 56.3 Å². The zero-order valence-electron chi connectivity index (χ0n) is 17.0. The summed E-state index contributed by atoms with van der Waals surface area (Å²) in [7, 11) is -4.13. The molecule has 0 saturated carbocycles. The molecule has 3 rings (SSSR count). The molecule has 0 N–H and O–H groups in total. The molecule has 3 aromatic rings. The summed E-state index contributed by atoms with van der Waals surface area (Å²) in [5.41, 5.74) is 1.33. The summed E-state index contributed by atoms with van der Waals surface area (Å²) in [5, 5.41) is 0.589. The molecule has 0 heterocycles. The van der Waals surface area contributed by atoms with Crippen LogP contribution < -0.4 is 8.92 Å². The normalized spacial score (nSPS) is 11.1. The van der Waals surface area contributed by atoms with Crippen LogP contribution in [0, 0.1) is 13.8 Å². The first-order chi connectivity index (χ1) is 14.8. The first-order valence-electron chi connectivity index (χ1n) is 9.42. The van der Waals surface area contributed by atoms with Crippen LogP contribution in [0.25, 0.3) is 0 Å². The predicted octanol–water partition coefficient (Wildman–Crippen LogP) is 4.96. The fourth-order valence-electron chi connectivity index (χ4n) is 2.75. The molecule has 0 atom stereocenters. The van der Waals surface area contributed by atoms with Gasteiger partial charge >= 0.3 is 16.1 Å². The number of ether oxygens (including phenoxy) is 2. The Balaban J connectivity index is 1.67. The number of aryl methyl sites for hydroxylation is 2. The van der Waals surface area contributed by atoms with Gasteiger partial charge in [-0.15, -0.1) is 0 Å². The summed E-state index contributed by atoms with van der Waals surface area (Å²) in [5.74, 6) is -0.234. The first kappa shape index (κ1) is 22.7. The van der Waals surface area contributed by atoms with E-state index in [0.29, 0.717) is 16.3 Å². The van der Waals surface area contributed by atoms with E-state index in [2.05, 4.69) is 0 Å². The van der Waals surface area contributed by atoms with Gasteiger partial charge in [-0.1, -0.05) is 35.9 Å². The third-order valence-corrected chi connectivity index (χ3v) is 5.95. The Kier molecular flexibility index (Phi) is 7.20. The molecule has 0 unspecified atom stereocenters. The topological polar surface area (TPSA) is 78.9 Å². The second-order valence-corrected chi connectivity index (χ2v) is 8.69. The number of carbonyl (C=O) groups excluding carboxylic acids is 1. The predicted molar refractivity (Wildman–Crippen MR) is 117 cm³/mol. The number of hydrogen-bond acceptors (Lipinski definition) is 6. The van der Waals surface area contributed by atoms with Crippen LogP contribution in [0.15, 0.2) is 71.6 Å². The van der Waals surface area contributed by atoms with Crippen LogP contribution in [0.3, 0.4) is 0 Å². The van der Waals surface area contributed by atoms with Crippen molar-refractivity contribution in [1.82, 2.24) is 0 Å². The number of carbonyl (C=O) groups is 1. The second-order valence-electron chi connectivity index (χ2n) is 6.74. The molecule has 3 aromatic carbocycles. The lowest BCUT2D eigenvalue weighted by molar-refractivity contribution is 0.0448. The van der Waals surface area contributed by atoms with Gasteiger partial charge in [-0.25, -0.2) is 4.79 Å².